The van der Waals surface area contributed by atoms with E-state index in [2.05, 4.69) is 37.9 Å². The van der Waals surface area contributed by atoms with Crippen molar-refractivity contribution in [2.75, 3.05) is 12.4 Å². The van der Waals surface area contributed by atoms with Crippen LogP contribution in [0.25, 0.3) is 0 Å². The van der Waals surface area contributed by atoms with E-state index in [1.54, 1.807) is 11.1 Å². The molecule has 1 amide bonds. The topological polar surface area (TPSA) is 58.1 Å². The molecule has 3 rings (SSSR count). The Labute approximate surface area is 130 Å². The summed E-state index contributed by atoms with van der Waals surface area (Å²) in [4.78, 5) is 22.5. The Bertz CT molecular complexity index is 702. The van der Waals surface area contributed by atoms with E-state index in [0.717, 1.165) is 26.2 Å². The predicted molar refractivity (Wildman–Crippen MR) is 85.0 cm³/mol. The van der Waals surface area contributed by atoms with Gasteiger partial charge in [0.1, 0.15) is 11.6 Å². The molecule has 1 aliphatic rings. The van der Waals surface area contributed by atoms with Crippen molar-refractivity contribution >= 4 is 40.0 Å². The number of rotatable bonds is 2. The zero-order valence-electron chi connectivity index (χ0n) is 11.1. The number of fused-ring (bicyclic) bond motifs is 1. The number of benzene rings is 1. The van der Waals surface area contributed by atoms with Crippen LogP contribution in [-0.4, -0.2) is 27.8 Å². The molecule has 102 valence electrons. The summed E-state index contributed by atoms with van der Waals surface area (Å²) in [6, 6.07) is 5.84. The molecule has 20 heavy (non-hydrogen) atoms. The van der Waals surface area contributed by atoms with Gasteiger partial charge < -0.3 is 10.2 Å². The van der Waals surface area contributed by atoms with Gasteiger partial charge in [-0.3, -0.25) is 4.79 Å². The largest absolute Gasteiger partial charge is 0.339 e. The van der Waals surface area contributed by atoms with Gasteiger partial charge in [0.15, 0.2) is 0 Å². The Hall–Kier alpha value is -1.70. The number of nitrogens with one attached hydrogen (secondary N) is 1. The number of carbonyl (C=O) groups is 1. The minimum atomic E-state index is 0.0453. The lowest BCUT2D eigenvalue weighted by molar-refractivity contribution is 0.0817. The van der Waals surface area contributed by atoms with Crippen molar-refractivity contribution in [2.45, 2.75) is 13.5 Å². The summed E-state index contributed by atoms with van der Waals surface area (Å²) in [5, 5.41) is 3.26. The second-order valence-electron chi connectivity index (χ2n) is 4.74. The van der Waals surface area contributed by atoms with E-state index in [0.29, 0.717) is 12.4 Å². The van der Waals surface area contributed by atoms with Crippen LogP contribution in [0.1, 0.15) is 21.7 Å². The molecule has 1 aromatic heterocycles. The summed E-state index contributed by atoms with van der Waals surface area (Å²) in [7, 11) is 1.81. The van der Waals surface area contributed by atoms with Gasteiger partial charge in [-0.25, -0.2) is 9.97 Å². The first kappa shape index (κ1) is 13.3. The van der Waals surface area contributed by atoms with E-state index in [-0.39, 0.29) is 5.91 Å². The van der Waals surface area contributed by atoms with E-state index < -0.39 is 0 Å². The third kappa shape index (κ3) is 2.24. The molecular formula is C14H13IN4O. The van der Waals surface area contributed by atoms with Crippen molar-refractivity contribution in [2.24, 2.45) is 0 Å². The van der Waals surface area contributed by atoms with Crippen LogP contribution in [0.15, 0.2) is 24.4 Å². The molecule has 1 N–H and O–H groups in total. The standard InChI is InChI=1S/C14H13IN4O/c1-8-16-6-10(15)13(17-8)18-11-5-3-4-9-7-19(2)14(20)12(9)11/h3-6H,7H2,1-2H3,(H,16,17,18). The van der Waals surface area contributed by atoms with Crippen molar-refractivity contribution in [1.82, 2.24) is 14.9 Å². The molecule has 0 atom stereocenters. The highest BCUT2D eigenvalue weighted by Gasteiger charge is 2.27. The molecule has 2 aromatic rings. The Morgan fingerprint density at radius 3 is 3.00 bits per heavy atom. The Morgan fingerprint density at radius 1 is 1.40 bits per heavy atom. The zero-order valence-corrected chi connectivity index (χ0v) is 13.3. The summed E-state index contributed by atoms with van der Waals surface area (Å²) in [5.41, 5.74) is 2.58. The minimum Gasteiger partial charge on any atom is -0.339 e. The number of anilines is 2. The summed E-state index contributed by atoms with van der Waals surface area (Å²) >= 11 is 2.18. The van der Waals surface area contributed by atoms with Crippen LogP contribution >= 0.6 is 22.6 Å². The summed E-state index contributed by atoms with van der Waals surface area (Å²) in [6.45, 7) is 2.50. The molecule has 0 saturated carbocycles. The highest BCUT2D eigenvalue weighted by molar-refractivity contribution is 14.1. The lowest BCUT2D eigenvalue weighted by Gasteiger charge is -2.11. The normalized spacial score (nSPS) is 13.6. The number of hydrogen-bond donors (Lipinski definition) is 1. The average Bonchev–Trinajstić information content (AvgIpc) is 2.71. The number of nitrogens with zero attached hydrogens (tertiary/aromatic N) is 3. The SMILES string of the molecule is Cc1ncc(I)c(Nc2cccc3c2C(=O)N(C)C3)n1. The number of aromatic nitrogens is 2. The van der Waals surface area contributed by atoms with Gasteiger partial charge in [0, 0.05) is 19.8 Å². The van der Waals surface area contributed by atoms with E-state index in [1.807, 2.05) is 32.2 Å². The van der Waals surface area contributed by atoms with Crippen LogP contribution in [0.3, 0.4) is 0 Å². The molecule has 0 bridgehead atoms. The Morgan fingerprint density at radius 2 is 2.20 bits per heavy atom. The second-order valence-corrected chi connectivity index (χ2v) is 5.90. The van der Waals surface area contributed by atoms with E-state index in [9.17, 15) is 4.79 Å². The molecule has 0 unspecified atom stereocenters. The van der Waals surface area contributed by atoms with Gasteiger partial charge in [0.25, 0.3) is 5.91 Å². The van der Waals surface area contributed by atoms with Gasteiger partial charge in [-0.05, 0) is 41.1 Å². The number of hydrogen-bond acceptors (Lipinski definition) is 4. The van der Waals surface area contributed by atoms with Gasteiger partial charge >= 0.3 is 0 Å². The Kier molecular flexibility index (Phi) is 3.33. The van der Waals surface area contributed by atoms with E-state index in [4.69, 9.17) is 0 Å². The number of halogens is 1. The first-order chi connectivity index (χ1) is 9.56. The van der Waals surface area contributed by atoms with Crippen molar-refractivity contribution in [1.29, 1.82) is 0 Å². The smallest absolute Gasteiger partial charge is 0.256 e. The van der Waals surface area contributed by atoms with Gasteiger partial charge in [-0.15, -0.1) is 0 Å². The van der Waals surface area contributed by atoms with Gasteiger partial charge in [-0.1, -0.05) is 12.1 Å². The maximum atomic E-state index is 12.2. The van der Waals surface area contributed by atoms with Gasteiger partial charge in [0.2, 0.25) is 0 Å². The van der Waals surface area contributed by atoms with Crippen LogP contribution in [0.4, 0.5) is 11.5 Å². The quantitative estimate of drug-likeness (QED) is 0.815. The third-order valence-corrected chi connectivity index (χ3v) is 4.03. The molecular weight excluding hydrogens is 367 g/mol. The first-order valence-electron chi connectivity index (χ1n) is 6.20. The fourth-order valence-electron chi connectivity index (χ4n) is 2.28. The summed E-state index contributed by atoms with van der Waals surface area (Å²) < 4.78 is 0.921. The summed E-state index contributed by atoms with van der Waals surface area (Å²) in [5.74, 6) is 1.47. The molecule has 0 radical (unpaired) electrons. The molecule has 0 aliphatic carbocycles. The number of carbonyl (C=O) groups excluding carboxylic acids is 1. The van der Waals surface area contributed by atoms with Crippen molar-refractivity contribution in [3.8, 4) is 0 Å². The fourth-order valence-corrected chi connectivity index (χ4v) is 2.67. The van der Waals surface area contributed by atoms with Crippen molar-refractivity contribution < 1.29 is 4.79 Å². The highest BCUT2D eigenvalue weighted by atomic mass is 127. The van der Waals surface area contributed by atoms with Gasteiger partial charge in [-0.2, -0.15) is 0 Å². The lowest BCUT2D eigenvalue weighted by Crippen LogP contribution is -2.18. The lowest BCUT2D eigenvalue weighted by atomic mass is 10.1. The number of amides is 1. The molecule has 5 nitrogen and oxygen atoms in total. The molecule has 1 aromatic carbocycles. The average molecular weight is 380 g/mol. The van der Waals surface area contributed by atoms with Crippen LogP contribution in [0, 0.1) is 10.5 Å². The fraction of sp³-hybridized carbons (Fsp3) is 0.214. The van der Waals surface area contributed by atoms with Crippen LogP contribution < -0.4 is 5.32 Å². The molecule has 0 saturated heterocycles. The molecule has 2 heterocycles. The monoisotopic (exact) mass is 380 g/mol. The highest BCUT2D eigenvalue weighted by Crippen LogP contribution is 2.30. The number of aryl methyl sites for hydroxylation is 1. The molecule has 0 spiro atoms. The maximum Gasteiger partial charge on any atom is 0.256 e. The van der Waals surface area contributed by atoms with E-state index >= 15 is 0 Å². The first-order valence-corrected chi connectivity index (χ1v) is 7.27. The summed E-state index contributed by atoms with van der Waals surface area (Å²) in [6.07, 6.45) is 1.77. The second kappa shape index (κ2) is 5.01. The van der Waals surface area contributed by atoms with Crippen LogP contribution in [0.2, 0.25) is 0 Å². The Balaban J connectivity index is 2.03. The predicted octanol–water partition coefficient (Wildman–Crippen LogP) is 2.72. The van der Waals surface area contributed by atoms with Crippen LogP contribution in [0.5, 0.6) is 0 Å². The molecule has 0 fully saturated rings. The maximum absolute atomic E-state index is 12.2. The zero-order chi connectivity index (χ0) is 14.3. The van der Waals surface area contributed by atoms with E-state index in [1.165, 1.54) is 0 Å². The molecule has 6 heteroatoms. The minimum absolute atomic E-state index is 0.0453. The third-order valence-electron chi connectivity index (χ3n) is 3.24. The molecule has 1 aliphatic heterocycles. The van der Waals surface area contributed by atoms with Crippen molar-refractivity contribution in [3.63, 3.8) is 0 Å². The van der Waals surface area contributed by atoms with Gasteiger partial charge in [0.05, 0.1) is 14.8 Å². The van der Waals surface area contributed by atoms with Crippen LogP contribution in [-0.2, 0) is 6.54 Å². The van der Waals surface area contributed by atoms with Crippen molar-refractivity contribution in [3.05, 3.63) is 44.9 Å².